The predicted octanol–water partition coefficient (Wildman–Crippen LogP) is 2.96. The topological polar surface area (TPSA) is 30.7 Å². The zero-order valence-corrected chi connectivity index (χ0v) is 9.98. The lowest BCUT2D eigenvalue weighted by Crippen LogP contribution is -2.00. The van der Waals surface area contributed by atoms with Gasteiger partial charge >= 0.3 is 0 Å². The van der Waals surface area contributed by atoms with E-state index in [-0.39, 0.29) is 0 Å². The van der Waals surface area contributed by atoms with E-state index >= 15 is 0 Å². The molecule has 0 spiro atoms. The zero-order valence-electron chi connectivity index (χ0n) is 9.23. The van der Waals surface area contributed by atoms with Gasteiger partial charge in [0.25, 0.3) is 0 Å². The van der Waals surface area contributed by atoms with Crippen molar-refractivity contribution < 1.29 is 0 Å². The molecule has 0 bridgehead atoms. The van der Waals surface area contributed by atoms with Crippen molar-refractivity contribution in [3.63, 3.8) is 0 Å². The van der Waals surface area contributed by atoms with Crippen LogP contribution in [0.3, 0.4) is 0 Å². The maximum absolute atomic E-state index is 5.80. The van der Waals surface area contributed by atoms with Crippen LogP contribution < -0.4 is 0 Å². The summed E-state index contributed by atoms with van der Waals surface area (Å²) in [5, 5.41) is 7.87. The molecule has 1 aromatic heterocycles. The van der Waals surface area contributed by atoms with Crippen LogP contribution >= 0.6 is 11.6 Å². The van der Waals surface area contributed by atoms with Gasteiger partial charge < -0.3 is 0 Å². The van der Waals surface area contributed by atoms with E-state index in [0.29, 0.717) is 5.88 Å². The quantitative estimate of drug-likeness (QED) is 0.763. The van der Waals surface area contributed by atoms with Gasteiger partial charge in [0.1, 0.15) is 0 Å². The average Bonchev–Trinajstić information content (AvgIpc) is 2.78. The van der Waals surface area contributed by atoms with E-state index in [2.05, 4.69) is 41.5 Å². The largest absolute Gasteiger partial charge is 0.216 e. The number of hydrogen-bond acceptors (Lipinski definition) is 2. The lowest BCUT2D eigenvalue weighted by molar-refractivity contribution is 0.780. The minimum atomic E-state index is 0.420. The molecule has 0 aliphatic carbocycles. The summed E-state index contributed by atoms with van der Waals surface area (Å²) in [6, 6.07) is 8.35. The summed E-state index contributed by atoms with van der Waals surface area (Å²) in [7, 11) is 0. The van der Waals surface area contributed by atoms with Crippen LogP contribution in [0.4, 0.5) is 0 Å². The SMILES string of the molecule is CCCc1ccc(-n2nncc2CCl)cc1. The number of benzene rings is 1. The Hall–Kier alpha value is -1.35. The van der Waals surface area contributed by atoms with Crippen LogP contribution in [0.5, 0.6) is 0 Å². The van der Waals surface area contributed by atoms with Gasteiger partial charge in [-0.25, -0.2) is 4.68 Å². The molecular formula is C12H14ClN3. The second kappa shape index (κ2) is 5.12. The highest BCUT2D eigenvalue weighted by Gasteiger charge is 2.04. The summed E-state index contributed by atoms with van der Waals surface area (Å²) in [6.07, 6.45) is 3.96. The molecule has 16 heavy (non-hydrogen) atoms. The van der Waals surface area contributed by atoms with Crippen LogP contribution in [0.15, 0.2) is 30.5 Å². The van der Waals surface area contributed by atoms with Gasteiger partial charge in [0.05, 0.1) is 23.5 Å². The Balaban J connectivity index is 2.27. The van der Waals surface area contributed by atoms with E-state index in [1.54, 1.807) is 10.9 Å². The summed E-state index contributed by atoms with van der Waals surface area (Å²) in [5.41, 5.74) is 3.26. The second-order valence-electron chi connectivity index (χ2n) is 3.69. The van der Waals surface area contributed by atoms with Crippen molar-refractivity contribution in [1.29, 1.82) is 0 Å². The molecule has 4 heteroatoms. The first kappa shape index (κ1) is 11.1. The third kappa shape index (κ3) is 2.25. The zero-order chi connectivity index (χ0) is 11.4. The van der Waals surface area contributed by atoms with Crippen LogP contribution in [0.25, 0.3) is 5.69 Å². The van der Waals surface area contributed by atoms with Gasteiger partial charge in [-0.3, -0.25) is 0 Å². The molecule has 0 atom stereocenters. The van der Waals surface area contributed by atoms with E-state index in [9.17, 15) is 0 Å². The van der Waals surface area contributed by atoms with Crippen LogP contribution in [0, 0.1) is 0 Å². The monoisotopic (exact) mass is 235 g/mol. The summed E-state index contributed by atoms with van der Waals surface area (Å²) in [6.45, 7) is 2.18. The Bertz CT molecular complexity index is 448. The summed E-state index contributed by atoms with van der Waals surface area (Å²) in [5.74, 6) is 0.420. The first-order chi connectivity index (χ1) is 7.85. The molecule has 0 saturated carbocycles. The molecule has 0 aliphatic rings. The maximum Gasteiger partial charge on any atom is 0.0793 e. The third-order valence-corrected chi connectivity index (χ3v) is 2.75. The molecule has 0 amide bonds. The Labute approximate surface area is 100 Å². The Morgan fingerprint density at radius 2 is 2.00 bits per heavy atom. The molecule has 1 heterocycles. The number of halogens is 1. The van der Waals surface area contributed by atoms with Crippen molar-refractivity contribution in [2.45, 2.75) is 25.6 Å². The van der Waals surface area contributed by atoms with Crippen molar-refractivity contribution in [3.05, 3.63) is 41.7 Å². The number of hydrogen-bond donors (Lipinski definition) is 0. The normalized spacial score (nSPS) is 10.6. The number of aryl methyl sites for hydroxylation is 1. The maximum atomic E-state index is 5.80. The molecule has 0 N–H and O–H groups in total. The fourth-order valence-corrected chi connectivity index (χ4v) is 1.84. The first-order valence-corrected chi connectivity index (χ1v) is 5.93. The minimum absolute atomic E-state index is 0.420. The molecule has 3 nitrogen and oxygen atoms in total. The summed E-state index contributed by atoms with van der Waals surface area (Å²) in [4.78, 5) is 0. The molecule has 2 rings (SSSR count). The van der Waals surface area contributed by atoms with Gasteiger partial charge in [-0.2, -0.15) is 0 Å². The van der Waals surface area contributed by atoms with Crippen molar-refractivity contribution >= 4 is 11.6 Å². The summed E-state index contributed by atoms with van der Waals surface area (Å²) >= 11 is 5.80. The standard InChI is InChI=1S/C12H14ClN3/c1-2-3-10-4-6-11(7-5-10)16-12(8-13)9-14-15-16/h4-7,9H,2-3,8H2,1H3. The highest BCUT2D eigenvalue weighted by Crippen LogP contribution is 2.13. The minimum Gasteiger partial charge on any atom is -0.216 e. The third-order valence-electron chi connectivity index (χ3n) is 2.48. The molecule has 0 radical (unpaired) electrons. The van der Waals surface area contributed by atoms with Gasteiger partial charge in [-0.15, -0.1) is 16.7 Å². The highest BCUT2D eigenvalue weighted by molar-refractivity contribution is 6.16. The molecule has 0 aliphatic heterocycles. The molecule has 0 fully saturated rings. The molecule has 2 aromatic rings. The molecule has 0 unspecified atom stereocenters. The van der Waals surface area contributed by atoms with Gasteiger partial charge in [-0.05, 0) is 24.1 Å². The Morgan fingerprint density at radius 1 is 1.25 bits per heavy atom. The molecular weight excluding hydrogens is 222 g/mol. The fourth-order valence-electron chi connectivity index (χ4n) is 1.66. The van der Waals surface area contributed by atoms with Gasteiger partial charge in [0.2, 0.25) is 0 Å². The lowest BCUT2D eigenvalue weighted by Gasteiger charge is -2.05. The van der Waals surface area contributed by atoms with Crippen molar-refractivity contribution in [2.75, 3.05) is 0 Å². The Kier molecular flexibility index (Phi) is 3.57. The lowest BCUT2D eigenvalue weighted by atomic mass is 10.1. The molecule has 84 valence electrons. The second-order valence-corrected chi connectivity index (χ2v) is 3.95. The van der Waals surface area contributed by atoms with E-state index in [4.69, 9.17) is 11.6 Å². The van der Waals surface area contributed by atoms with Crippen molar-refractivity contribution in [2.24, 2.45) is 0 Å². The smallest absolute Gasteiger partial charge is 0.0793 e. The summed E-state index contributed by atoms with van der Waals surface area (Å²) < 4.78 is 1.77. The Morgan fingerprint density at radius 3 is 2.62 bits per heavy atom. The van der Waals surface area contributed by atoms with E-state index in [1.807, 2.05) is 0 Å². The first-order valence-electron chi connectivity index (χ1n) is 5.40. The van der Waals surface area contributed by atoms with Gasteiger partial charge in [-0.1, -0.05) is 30.7 Å². The van der Waals surface area contributed by atoms with Crippen molar-refractivity contribution in [1.82, 2.24) is 15.0 Å². The van der Waals surface area contributed by atoms with Crippen molar-refractivity contribution in [3.8, 4) is 5.69 Å². The fraction of sp³-hybridized carbons (Fsp3) is 0.333. The molecule has 1 aromatic carbocycles. The van der Waals surface area contributed by atoms with E-state index in [1.165, 1.54) is 5.56 Å². The van der Waals surface area contributed by atoms with Gasteiger partial charge in [0.15, 0.2) is 0 Å². The van der Waals surface area contributed by atoms with E-state index < -0.39 is 0 Å². The molecule has 0 saturated heterocycles. The van der Waals surface area contributed by atoms with Crippen LogP contribution in [-0.4, -0.2) is 15.0 Å². The average molecular weight is 236 g/mol. The number of rotatable bonds is 4. The highest BCUT2D eigenvalue weighted by atomic mass is 35.5. The number of alkyl halides is 1. The predicted molar refractivity (Wildman–Crippen MR) is 64.9 cm³/mol. The van der Waals surface area contributed by atoms with E-state index in [0.717, 1.165) is 24.2 Å². The van der Waals surface area contributed by atoms with Crippen LogP contribution in [0.1, 0.15) is 24.6 Å². The van der Waals surface area contributed by atoms with Crippen LogP contribution in [0.2, 0.25) is 0 Å². The number of nitrogens with zero attached hydrogens (tertiary/aromatic N) is 3. The van der Waals surface area contributed by atoms with Crippen LogP contribution in [-0.2, 0) is 12.3 Å². The van der Waals surface area contributed by atoms with Gasteiger partial charge in [0, 0.05) is 0 Å². The number of aromatic nitrogens is 3.